The molecule has 0 spiro atoms. The molecule has 3 heterocycles. The summed E-state index contributed by atoms with van der Waals surface area (Å²) < 4.78 is 4.92. The summed E-state index contributed by atoms with van der Waals surface area (Å²) in [5.74, 6) is 0.840. The molecule has 0 bridgehead atoms. The van der Waals surface area contributed by atoms with Gasteiger partial charge in [-0.2, -0.15) is 0 Å². The average Bonchev–Trinajstić information content (AvgIpc) is 2.69. The number of ether oxygens (including phenoxy) is 1. The van der Waals surface area contributed by atoms with Gasteiger partial charge in [-0.3, -0.25) is 4.79 Å². The van der Waals surface area contributed by atoms with Gasteiger partial charge in [-0.05, 0) is 24.3 Å². The first-order valence-electron chi connectivity index (χ1n) is 8.42. The van der Waals surface area contributed by atoms with Crippen LogP contribution in [-0.4, -0.2) is 62.3 Å². The summed E-state index contributed by atoms with van der Waals surface area (Å²) >= 11 is 0. The van der Waals surface area contributed by atoms with Gasteiger partial charge in [-0.15, -0.1) is 0 Å². The van der Waals surface area contributed by atoms with E-state index in [4.69, 9.17) is 4.74 Å². The third kappa shape index (κ3) is 4.45. The highest BCUT2D eigenvalue weighted by Crippen LogP contribution is 2.18. The normalized spacial score (nSPS) is 14.4. The molecule has 0 saturated carbocycles. The summed E-state index contributed by atoms with van der Waals surface area (Å²) in [6.07, 6.45) is 3.59. The molecule has 1 amide bonds. The molecule has 1 saturated heterocycles. The predicted molar refractivity (Wildman–Crippen MR) is 97.1 cm³/mol. The van der Waals surface area contributed by atoms with Crippen LogP contribution in [0, 0.1) is 0 Å². The van der Waals surface area contributed by atoms with Gasteiger partial charge in [0, 0.05) is 46.0 Å². The Hall–Kier alpha value is -2.67. The van der Waals surface area contributed by atoms with Crippen LogP contribution in [0.2, 0.25) is 0 Å². The van der Waals surface area contributed by atoms with Crippen molar-refractivity contribution in [2.75, 3.05) is 56.2 Å². The number of nitrogens with zero attached hydrogens (tertiary/aromatic N) is 4. The third-order valence-corrected chi connectivity index (χ3v) is 4.19. The van der Waals surface area contributed by atoms with E-state index in [0.717, 1.165) is 37.7 Å². The van der Waals surface area contributed by atoms with Crippen molar-refractivity contribution in [3.8, 4) is 0 Å². The zero-order chi connectivity index (χ0) is 17.5. The van der Waals surface area contributed by atoms with E-state index in [1.165, 1.54) is 0 Å². The lowest BCUT2D eigenvalue weighted by molar-refractivity contribution is 0.0932. The first-order chi connectivity index (χ1) is 12.3. The smallest absolute Gasteiger partial charge is 0.269 e. The average molecular weight is 341 g/mol. The lowest BCUT2D eigenvalue weighted by Crippen LogP contribution is -2.46. The number of rotatable bonds is 6. The third-order valence-electron chi connectivity index (χ3n) is 4.19. The van der Waals surface area contributed by atoms with Crippen LogP contribution in [0.25, 0.3) is 0 Å². The summed E-state index contributed by atoms with van der Waals surface area (Å²) in [6, 6.07) is 9.69. The number of hydrogen-bond donors (Lipinski definition) is 1. The Bertz CT molecular complexity index is 670. The van der Waals surface area contributed by atoms with E-state index in [1.54, 1.807) is 19.4 Å². The fourth-order valence-electron chi connectivity index (χ4n) is 2.80. The van der Waals surface area contributed by atoms with Crippen LogP contribution in [0.15, 0.2) is 42.7 Å². The summed E-state index contributed by atoms with van der Waals surface area (Å²) in [7, 11) is 1.60. The van der Waals surface area contributed by atoms with Crippen molar-refractivity contribution in [2.24, 2.45) is 0 Å². The summed E-state index contributed by atoms with van der Waals surface area (Å²) in [6.45, 7) is 4.60. The van der Waals surface area contributed by atoms with Crippen molar-refractivity contribution in [3.63, 3.8) is 0 Å². The fourth-order valence-corrected chi connectivity index (χ4v) is 2.80. The lowest BCUT2D eigenvalue weighted by Gasteiger charge is -2.36. The topological polar surface area (TPSA) is 70.6 Å². The van der Waals surface area contributed by atoms with Gasteiger partial charge in [-0.25, -0.2) is 9.97 Å². The molecule has 0 atom stereocenters. The molecule has 2 aromatic rings. The second kappa shape index (κ2) is 8.43. The number of nitrogens with one attached hydrogen (secondary N) is 1. The zero-order valence-electron chi connectivity index (χ0n) is 14.4. The van der Waals surface area contributed by atoms with Gasteiger partial charge in [0.25, 0.3) is 5.91 Å². The van der Waals surface area contributed by atoms with Crippen molar-refractivity contribution in [2.45, 2.75) is 0 Å². The number of amides is 1. The second-order valence-electron chi connectivity index (χ2n) is 5.81. The molecular weight excluding hydrogens is 318 g/mol. The maximum absolute atomic E-state index is 12.0. The molecule has 132 valence electrons. The Morgan fingerprint density at radius 3 is 2.56 bits per heavy atom. The molecular formula is C18H23N5O2. The van der Waals surface area contributed by atoms with Crippen LogP contribution < -0.4 is 15.1 Å². The molecule has 0 aromatic carbocycles. The van der Waals surface area contributed by atoms with E-state index >= 15 is 0 Å². The number of hydrogen-bond acceptors (Lipinski definition) is 6. The summed E-state index contributed by atoms with van der Waals surface area (Å²) in [5, 5.41) is 2.77. The lowest BCUT2D eigenvalue weighted by atomic mass is 10.2. The highest BCUT2D eigenvalue weighted by molar-refractivity contribution is 5.92. The fraction of sp³-hybridized carbons (Fsp3) is 0.389. The van der Waals surface area contributed by atoms with Gasteiger partial charge in [0.15, 0.2) is 0 Å². The van der Waals surface area contributed by atoms with Gasteiger partial charge in [-0.1, -0.05) is 6.07 Å². The SMILES string of the molecule is COCCNC(=O)c1ccc(N2CCN(c3ccccn3)CC2)cn1. The van der Waals surface area contributed by atoms with Crippen molar-refractivity contribution < 1.29 is 9.53 Å². The Morgan fingerprint density at radius 2 is 1.92 bits per heavy atom. The monoisotopic (exact) mass is 341 g/mol. The zero-order valence-corrected chi connectivity index (χ0v) is 14.4. The minimum absolute atomic E-state index is 0.177. The van der Waals surface area contributed by atoms with E-state index in [2.05, 4.69) is 25.1 Å². The Labute approximate surface area is 147 Å². The highest BCUT2D eigenvalue weighted by Gasteiger charge is 2.18. The Kier molecular flexibility index (Phi) is 5.79. The molecule has 3 rings (SSSR count). The summed E-state index contributed by atoms with van der Waals surface area (Å²) in [5.41, 5.74) is 1.46. The quantitative estimate of drug-likeness (QED) is 0.796. The molecule has 0 radical (unpaired) electrons. The van der Waals surface area contributed by atoms with Crippen LogP contribution in [-0.2, 0) is 4.74 Å². The van der Waals surface area contributed by atoms with Gasteiger partial charge in [0.1, 0.15) is 11.5 Å². The number of anilines is 2. The maximum atomic E-state index is 12.0. The molecule has 7 nitrogen and oxygen atoms in total. The number of aromatic nitrogens is 2. The molecule has 1 aliphatic rings. The Morgan fingerprint density at radius 1 is 1.12 bits per heavy atom. The van der Waals surface area contributed by atoms with E-state index in [-0.39, 0.29) is 5.91 Å². The molecule has 0 unspecified atom stereocenters. The standard InChI is InChI=1S/C18H23N5O2/c1-25-13-8-20-18(24)16-6-5-15(14-21-16)22-9-11-23(12-10-22)17-4-2-3-7-19-17/h2-7,14H,8-13H2,1H3,(H,20,24). The van der Waals surface area contributed by atoms with Gasteiger partial charge in [0.05, 0.1) is 18.5 Å². The highest BCUT2D eigenvalue weighted by atomic mass is 16.5. The number of pyridine rings is 2. The molecule has 2 aromatic heterocycles. The second-order valence-corrected chi connectivity index (χ2v) is 5.81. The van der Waals surface area contributed by atoms with Crippen LogP contribution in [0.1, 0.15) is 10.5 Å². The van der Waals surface area contributed by atoms with E-state index in [0.29, 0.717) is 18.8 Å². The Balaban J connectivity index is 1.54. The number of carbonyl (C=O) groups is 1. The van der Waals surface area contributed by atoms with Crippen molar-refractivity contribution in [3.05, 3.63) is 48.4 Å². The first-order valence-corrected chi connectivity index (χ1v) is 8.42. The largest absolute Gasteiger partial charge is 0.383 e. The van der Waals surface area contributed by atoms with E-state index < -0.39 is 0 Å². The molecule has 1 aliphatic heterocycles. The maximum Gasteiger partial charge on any atom is 0.269 e. The van der Waals surface area contributed by atoms with Crippen LogP contribution in [0.5, 0.6) is 0 Å². The first kappa shape index (κ1) is 17.2. The molecule has 25 heavy (non-hydrogen) atoms. The minimum atomic E-state index is -0.177. The van der Waals surface area contributed by atoms with Crippen molar-refractivity contribution in [1.29, 1.82) is 0 Å². The van der Waals surface area contributed by atoms with Gasteiger partial charge in [0.2, 0.25) is 0 Å². The molecule has 0 aliphatic carbocycles. The molecule has 1 fully saturated rings. The van der Waals surface area contributed by atoms with Crippen molar-refractivity contribution >= 4 is 17.4 Å². The molecule has 7 heteroatoms. The minimum Gasteiger partial charge on any atom is -0.383 e. The van der Waals surface area contributed by atoms with E-state index in [9.17, 15) is 4.79 Å². The van der Waals surface area contributed by atoms with E-state index in [1.807, 2.05) is 30.5 Å². The van der Waals surface area contributed by atoms with Gasteiger partial charge < -0.3 is 19.9 Å². The number of piperazine rings is 1. The predicted octanol–water partition coefficient (Wildman–Crippen LogP) is 1.18. The van der Waals surface area contributed by atoms with Crippen molar-refractivity contribution in [1.82, 2.24) is 15.3 Å². The number of carbonyl (C=O) groups excluding carboxylic acids is 1. The van der Waals surface area contributed by atoms with Crippen LogP contribution in [0.4, 0.5) is 11.5 Å². The summed E-state index contributed by atoms with van der Waals surface area (Å²) in [4.78, 5) is 25.2. The van der Waals surface area contributed by atoms with Gasteiger partial charge >= 0.3 is 0 Å². The van der Waals surface area contributed by atoms with Crippen LogP contribution >= 0.6 is 0 Å². The number of methoxy groups -OCH3 is 1. The molecule has 1 N–H and O–H groups in total. The van der Waals surface area contributed by atoms with Crippen LogP contribution in [0.3, 0.4) is 0 Å².